The van der Waals surface area contributed by atoms with Gasteiger partial charge in [0.05, 0.1) is 32.0 Å². The molecule has 12 atom stereocenters. The van der Waals surface area contributed by atoms with Crippen molar-refractivity contribution in [2.45, 2.75) is 351 Å². The lowest BCUT2D eigenvalue weighted by molar-refractivity contribution is -0.359. The first kappa shape index (κ1) is 68.1. The van der Waals surface area contributed by atoms with Crippen LogP contribution in [0, 0.1) is 0 Å². The molecule has 2 aliphatic heterocycles. The van der Waals surface area contributed by atoms with Crippen molar-refractivity contribution in [3.05, 3.63) is 0 Å². The van der Waals surface area contributed by atoms with E-state index < -0.39 is 86.8 Å². The van der Waals surface area contributed by atoms with Gasteiger partial charge < -0.3 is 65.1 Å². The van der Waals surface area contributed by atoms with Crippen LogP contribution >= 0.6 is 0 Å². The molecular formula is C59H115NO13. The van der Waals surface area contributed by atoms with Crippen LogP contribution in [0.1, 0.15) is 277 Å². The molecule has 0 bridgehead atoms. The van der Waals surface area contributed by atoms with Gasteiger partial charge in [0.1, 0.15) is 48.8 Å². The van der Waals surface area contributed by atoms with Crippen LogP contribution in [0.3, 0.4) is 0 Å². The number of aliphatic hydroxyl groups excluding tert-OH is 8. The standard InChI is InChI=1S/C59H115NO13/c1-3-5-7-9-11-13-15-17-19-21-23-25-27-29-31-33-35-37-39-41-43-51(64)60-47(48(63)42-40-38-36-34-32-30-28-26-24-22-20-18-16-14-12-10-8-6-4-2)46-70-58-56(69)54(67)57(50(45-62)72-58)73-59-55(68)53(66)52(65)49(44-61)71-59/h47-50,52-59,61-63,65-69H,3-46H2,1-2H3,(H,60,64). The molecule has 0 saturated carbocycles. The van der Waals surface area contributed by atoms with Crippen molar-refractivity contribution in [1.82, 2.24) is 5.32 Å². The maximum Gasteiger partial charge on any atom is 0.220 e. The molecule has 12 unspecified atom stereocenters. The topological polar surface area (TPSA) is 228 Å². The van der Waals surface area contributed by atoms with Gasteiger partial charge in [-0.15, -0.1) is 0 Å². The van der Waals surface area contributed by atoms with Gasteiger partial charge in [0, 0.05) is 6.42 Å². The summed E-state index contributed by atoms with van der Waals surface area (Å²) in [4.78, 5) is 13.3. The van der Waals surface area contributed by atoms with Crippen LogP contribution in [0.5, 0.6) is 0 Å². The quantitative estimate of drug-likeness (QED) is 0.0259. The highest BCUT2D eigenvalue weighted by atomic mass is 16.7. The van der Waals surface area contributed by atoms with E-state index >= 15 is 0 Å². The fourth-order valence-electron chi connectivity index (χ4n) is 10.6. The summed E-state index contributed by atoms with van der Waals surface area (Å²) in [6, 6.07) is -0.822. The number of unbranched alkanes of at least 4 members (excludes halogenated alkanes) is 37. The van der Waals surface area contributed by atoms with E-state index in [-0.39, 0.29) is 12.5 Å². The lowest BCUT2D eigenvalue weighted by atomic mass is 9.97. The predicted octanol–water partition coefficient (Wildman–Crippen LogP) is 10.5. The van der Waals surface area contributed by atoms with Gasteiger partial charge in [0.25, 0.3) is 0 Å². The molecular weight excluding hydrogens is 931 g/mol. The molecule has 0 aromatic rings. The van der Waals surface area contributed by atoms with Crippen molar-refractivity contribution >= 4 is 5.91 Å². The van der Waals surface area contributed by atoms with E-state index in [4.69, 9.17) is 18.9 Å². The number of rotatable bonds is 50. The van der Waals surface area contributed by atoms with Crippen LogP contribution in [0.15, 0.2) is 0 Å². The first-order valence-electron chi connectivity index (χ1n) is 30.8. The Labute approximate surface area is 444 Å². The zero-order chi connectivity index (χ0) is 53.2. The van der Waals surface area contributed by atoms with Crippen molar-refractivity contribution in [2.24, 2.45) is 0 Å². The maximum absolute atomic E-state index is 13.3. The largest absolute Gasteiger partial charge is 0.394 e. The minimum Gasteiger partial charge on any atom is -0.394 e. The molecule has 0 aromatic carbocycles. The van der Waals surface area contributed by atoms with E-state index in [9.17, 15) is 45.6 Å². The number of aliphatic hydroxyl groups is 8. The summed E-state index contributed by atoms with van der Waals surface area (Å²) >= 11 is 0. The van der Waals surface area contributed by atoms with Crippen molar-refractivity contribution < 1.29 is 64.6 Å². The third-order valence-corrected chi connectivity index (χ3v) is 15.6. The Morgan fingerprint density at radius 3 is 1.16 bits per heavy atom. The van der Waals surface area contributed by atoms with Gasteiger partial charge in [-0.2, -0.15) is 0 Å². The zero-order valence-corrected chi connectivity index (χ0v) is 46.7. The van der Waals surface area contributed by atoms with Crippen molar-refractivity contribution in [3.63, 3.8) is 0 Å². The van der Waals surface area contributed by atoms with Crippen LogP contribution in [0.4, 0.5) is 0 Å². The number of amides is 1. The smallest absolute Gasteiger partial charge is 0.220 e. The van der Waals surface area contributed by atoms with E-state index in [0.29, 0.717) is 12.8 Å². The molecule has 2 rings (SSSR count). The molecule has 2 fully saturated rings. The zero-order valence-electron chi connectivity index (χ0n) is 46.7. The molecule has 0 aliphatic carbocycles. The Kier molecular flexibility index (Phi) is 42.9. The Morgan fingerprint density at radius 2 is 0.781 bits per heavy atom. The number of hydrogen-bond acceptors (Lipinski definition) is 13. The Hall–Kier alpha value is -1.01. The summed E-state index contributed by atoms with van der Waals surface area (Å²) in [6.45, 7) is 2.91. The van der Waals surface area contributed by atoms with Gasteiger partial charge in [0.15, 0.2) is 12.6 Å². The van der Waals surface area contributed by atoms with Crippen molar-refractivity contribution in [2.75, 3.05) is 19.8 Å². The van der Waals surface area contributed by atoms with Crippen LogP contribution < -0.4 is 5.32 Å². The van der Waals surface area contributed by atoms with Gasteiger partial charge >= 0.3 is 0 Å². The molecule has 14 nitrogen and oxygen atoms in total. The Balaban J connectivity index is 1.74. The van der Waals surface area contributed by atoms with E-state index in [2.05, 4.69) is 19.2 Å². The minimum atomic E-state index is -1.78. The van der Waals surface area contributed by atoms with E-state index in [1.54, 1.807) is 0 Å². The van der Waals surface area contributed by atoms with Gasteiger partial charge in [-0.05, 0) is 12.8 Å². The van der Waals surface area contributed by atoms with Crippen molar-refractivity contribution in [3.8, 4) is 0 Å². The molecule has 0 radical (unpaired) electrons. The molecule has 1 amide bonds. The minimum absolute atomic E-state index is 0.199. The van der Waals surface area contributed by atoms with Crippen LogP contribution in [-0.2, 0) is 23.7 Å². The summed E-state index contributed by atoms with van der Waals surface area (Å²) in [6.07, 6.45) is 33.8. The van der Waals surface area contributed by atoms with E-state index in [0.717, 1.165) is 51.4 Å². The fraction of sp³-hybridized carbons (Fsp3) is 0.983. The number of ether oxygens (including phenoxy) is 4. The molecule has 434 valence electrons. The Bertz CT molecular complexity index is 1230. The number of carbonyl (C=O) groups is 1. The van der Waals surface area contributed by atoms with Crippen LogP contribution in [0.2, 0.25) is 0 Å². The van der Waals surface area contributed by atoms with Crippen LogP contribution in [-0.4, -0.2) is 140 Å². The van der Waals surface area contributed by atoms with E-state index in [1.807, 2.05) is 0 Å². The number of carbonyl (C=O) groups excluding carboxylic acids is 1. The molecule has 2 heterocycles. The SMILES string of the molecule is CCCCCCCCCCCCCCCCCCCCCCC(=O)NC(COC1OC(CO)C(OC2OC(CO)C(O)C(O)C2O)C(O)C1O)C(O)CCCCCCCCCCCCCCCCCCCCC. The summed E-state index contributed by atoms with van der Waals surface area (Å²) < 4.78 is 22.9. The summed E-state index contributed by atoms with van der Waals surface area (Å²) in [5.74, 6) is -0.199. The second-order valence-corrected chi connectivity index (χ2v) is 22.2. The molecule has 73 heavy (non-hydrogen) atoms. The highest BCUT2D eigenvalue weighted by molar-refractivity contribution is 5.76. The molecule has 9 N–H and O–H groups in total. The average molecular weight is 1050 g/mol. The van der Waals surface area contributed by atoms with Crippen LogP contribution in [0.25, 0.3) is 0 Å². The highest BCUT2D eigenvalue weighted by Gasteiger charge is 2.51. The third-order valence-electron chi connectivity index (χ3n) is 15.6. The fourth-order valence-corrected chi connectivity index (χ4v) is 10.6. The second-order valence-electron chi connectivity index (χ2n) is 22.2. The van der Waals surface area contributed by atoms with Gasteiger partial charge in [-0.25, -0.2) is 0 Å². The molecule has 2 aliphatic rings. The summed E-state index contributed by atoms with van der Waals surface area (Å²) in [7, 11) is 0. The van der Waals surface area contributed by atoms with Gasteiger partial charge in [0.2, 0.25) is 5.91 Å². The number of hydrogen-bond donors (Lipinski definition) is 9. The lowest BCUT2D eigenvalue weighted by Crippen LogP contribution is -2.65. The molecule has 2 saturated heterocycles. The Morgan fingerprint density at radius 1 is 0.438 bits per heavy atom. The molecule has 0 spiro atoms. The van der Waals surface area contributed by atoms with E-state index in [1.165, 1.54) is 199 Å². The maximum atomic E-state index is 13.3. The lowest BCUT2D eigenvalue weighted by Gasteiger charge is -2.46. The third kappa shape index (κ3) is 31.9. The molecule has 14 heteroatoms. The first-order valence-corrected chi connectivity index (χ1v) is 30.8. The second kappa shape index (κ2) is 46.0. The normalized spacial score (nSPS) is 25.3. The summed E-state index contributed by atoms with van der Waals surface area (Å²) in [5, 5.41) is 87.3. The van der Waals surface area contributed by atoms with Crippen molar-refractivity contribution in [1.29, 1.82) is 0 Å². The summed E-state index contributed by atoms with van der Waals surface area (Å²) in [5.41, 5.74) is 0. The molecule has 0 aromatic heterocycles. The monoisotopic (exact) mass is 1050 g/mol. The number of nitrogens with one attached hydrogen (secondary N) is 1. The van der Waals surface area contributed by atoms with Gasteiger partial charge in [-0.1, -0.05) is 258 Å². The predicted molar refractivity (Wildman–Crippen MR) is 291 cm³/mol. The van der Waals surface area contributed by atoms with Gasteiger partial charge in [-0.3, -0.25) is 4.79 Å². The first-order chi connectivity index (χ1) is 35.6. The highest BCUT2D eigenvalue weighted by Crippen LogP contribution is 2.30. The average Bonchev–Trinajstić information content (AvgIpc) is 3.39.